The van der Waals surface area contributed by atoms with Gasteiger partial charge >= 0.3 is 23.9 Å². The number of aromatic hydroxyl groups is 2. The number of carbonyl (C=O) groups excluding carboxylic acids is 13. The van der Waals surface area contributed by atoms with Gasteiger partial charge in [0.2, 0.25) is 64.4 Å². The van der Waals surface area contributed by atoms with E-state index in [1.165, 1.54) is 35.5 Å². The number of pyridine rings is 4. The molecule has 6 aliphatic rings. The highest BCUT2D eigenvalue weighted by atomic mass is 16.6. The average Bonchev–Trinajstić information content (AvgIpc) is 1.61. The summed E-state index contributed by atoms with van der Waals surface area (Å²) in [5.74, 6) is -8.86. The number of nitrogens with zero attached hydrogens (tertiary/aromatic N) is 11. The largest absolute Gasteiger partial charge is 0.508 e. The van der Waals surface area contributed by atoms with E-state index >= 15 is 0 Å². The first kappa shape index (κ1) is 99.1. The number of rotatable bonds is 48. The van der Waals surface area contributed by atoms with E-state index in [2.05, 4.69) is 57.8 Å². The summed E-state index contributed by atoms with van der Waals surface area (Å²) in [6, 6.07) is 11.8. The van der Waals surface area contributed by atoms with Crippen LogP contribution >= 0.6 is 0 Å². The molecule has 45 nitrogen and oxygen atoms in total. The zero-order valence-electron chi connectivity index (χ0n) is 76.6. The number of hydrogen-bond acceptors (Lipinski definition) is 33. The lowest BCUT2D eigenvalue weighted by Crippen LogP contribution is -2.49. The average molecular weight is 1900 g/mol. The zero-order valence-corrected chi connectivity index (χ0v) is 76.6. The number of aromatic nitrogens is 10. The molecule has 2 fully saturated rings. The van der Waals surface area contributed by atoms with Crippen molar-refractivity contribution in [2.24, 2.45) is 17.8 Å². The summed E-state index contributed by atoms with van der Waals surface area (Å²) >= 11 is 0. The Labute approximate surface area is 783 Å². The second-order valence-corrected chi connectivity index (χ2v) is 33.9. The minimum atomic E-state index is -2.02. The van der Waals surface area contributed by atoms with Crippen molar-refractivity contribution < 1.29 is 120 Å². The number of likely N-dealkylation sites (tertiary alicyclic amines) is 1. The van der Waals surface area contributed by atoms with E-state index in [0.717, 1.165) is 33.0 Å². The van der Waals surface area contributed by atoms with Gasteiger partial charge in [0.05, 0.1) is 149 Å². The van der Waals surface area contributed by atoms with Gasteiger partial charge in [-0.25, -0.2) is 28.9 Å². The Hall–Kier alpha value is -13.9. The van der Waals surface area contributed by atoms with E-state index < -0.39 is 133 Å². The molecule has 1 saturated carbocycles. The number of esters is 4. The summed E-state index contributed by atoms with van der Waals surface area (Å²) in [5.41, 5.74) is 2.93. The van der Waals surface area contributed by atoms with Crippen LogP contribution in [0, 0.1) is 17.8 Å². The summed E-state index contributed by atoms with van der Waals surface area (Å²) in [5, 5.41) is 56.9. The van der Waals surface area contributed by atoms with Crippen LogP contribution in [0.25, 0.3) is 44.6 Å². The predicted molar refractivity (Wildman–Crippen MR) is 477 cm³/mol. The Morgan fingerprint density at radius 1 is 0.526 bits per heavy atom. The topological polar surface area (TPSA) is 573 Å². The van der Waals surface area contributed by atoms with Gasteiger partial charge in [-0.2, -0.15) is 0 Å². The molecule has 9 N–H and O–H groups in total. The molecule has 137 heavy (non-hydrogen) atoms. The van der Waals surface area contributed by atoms with E-state index in [-0.39, 0.29) is 207 Å². The second kappa shape index (κ2) is 45.2. The molecule has 4 atom stereocenters. The van der Waals surface area contributed by atoms with Crippen LogP contribution < -0.4 is 48.3 Å². The fourth-order valence-corrected chi connectivity index (χ4v) is 17.8. The number of benzene rings is 2. The number of phenolic OH excluding ortho intramolecular Hbond substituents is 2. The van der Waals surface area contributed by atoms with Crippen molar-refractivity contribution >= 4 is 98.8 Å². The molecule has 8 aromatic rings. The number of aryl methyl sites for hydroxylation is 2. The molecule has 0 spiro atoms. The lowest BCUT2D eigenvalue weighted by molar-refractivity contribution is -0.189. The summed E-state index contributed by atoms with van der Waals surface area (Å²) in [6.45, 7) is 7.33. The van der Waals surface area contributed by atoms with Crippen molar-refractivity contribution in [3.63, 3.8) is 0 Å². The van der Waals surface area contributed by atoms with Crippen molar-refractivity contribution in [3.8, 4) is 34.3 Å². The summed E-state index contributed by atoms with van der Waals surface area (Å²) in [6.07, 6.45) is 6.20. The third-order valence-corrected chi connectivity index (χ3v) is 24.9. The SMILES string of the molecule is CCc1c2c(nc3ccc(O)cc13)-c1cc3c(c(=O)n1C2)COC(=O)C3(CC)OC(=O)CNC(=O)COCC(=O)NCCOCCOCCn1cc(CNC(=O)CCC(NC(=O)C2CCC(CN3C(=O)CC(C)C3=O)CC2)C(=O)NCc2cn(CCOCCOCCNC(=O)COCC(=O)NCC(=O)OC3(CC)C(=O)OCc4c3cc3n(c4=O)Cc4c-3nc3ccc(O)cc3c4CC)nn2)nn1. The van der Waals surface area contributed by atoms with Crippen LogP contribution in [-0.4, -0.2) is 259 Å². The predicted octanol–water partition coefficient (Wildman–Crippen LogP) is 0.657. The number of phenols is 2. The van der Waals surface area contributed by atoms with Gasteiger partial charge in [0.15, 0.2) is 0 Å². The van der Waals surface area contributed by atoms with Crippen molar-refractivity contribution in [3.05, 3.63) is 138 Å². The molecule has 0 radical (unpaired) electrons. The molecular formula is C92H110N18O27. The molecule has 14 rings (SSSR count). The maximum absolute atomic E-state index is 14.1. The van der Waals surface area contributed by atoms with E-state index in [0.29, 0.717) is 96.8 Å². The normalized spacial score (nSPS) is 18.0. The molecule has 2 aromatic carbocycles. The van der Waals surface area contributed by atoms with E-state index in [1.54, 1.807) is 69.6 Å². The van der Waals surface area contributed by atoms with Gasteiger partial charge in [-0.05, 0) is 123 Å². The number of cyclic esters (lactones) is 2. The molecule has 11 heterocycles. The quantitative estimate of drug-likeness (QED) is 0.0109. The van der Waals surface area contributed by atoms with Gasteiger partial charge in [0.25, 0.3) is 11.1 Å². The highest BCUT2D eigenvalue weighted by Gasteiger charge is 2.53. The summed E-state index contributed by atoms with van der Waals surface area (Å²) in [4.78, 5) is 210. The Balaban J connectivity index is 0.441. The van der Waals surface area contributed by atoms with Gasteiger partial charge in [-0.3, -0.25) is 67.2 Å². The molecule has 45 heteroatoms. The van der Waals surface area contributed by atoms with Gasteiger partial charge < -0.3 is 104 Å². The van der Waals surface area contributed by atoms with Crippen LogP contribution in [0.3, 0.4) is 0 Å². The molecule has 9 amide bonds. The number of fused-ring (bicyclic) bond motifs is 10. The highest BCUT2D eigenvalue weighted by molar-refractivity contribution is 6.03. The van der Waals surface area contributed by atoms with Crippen LogP contribution in [0.4, 0.5) is 0 Å². The van der Waals surface area contributed by atoms with E-state index in [9.17, 15) is 82.1 Å². The monoisotopic (exact) mass is 1900 g/mol. The first-order valence-electron chi connectivity index (χ1n) is 45.7. The molecule has 6 aromatic heterocycles. The summed E-state index contributed by atoms with van der Waals surface area (Å²) < 4.78 is 61.6. The second-order valence-electron chi connectivity index (χ2n) is 33.9. The Kier molecular flexibility index (Phi) is 32.7. The van der Waals surface area contributed by atoms with E-state index in [1.807, 2.05) is 13.8 Å². The Morgan fingerprint density at radius 3 is 1.42 bits per heavy atom. The third-order valence-electron chi connectivity index (χ3n) is 24.9. The van der Waals surface area contributed by atoms with Crippen LogP contribution in [0.5, 0.6) is 11.5 Å². The molecular weight excluding hydrogens is 1790 g/mol. The summed E-state index contributed by atoms with van der Waals surface area (Å²) in [7, 11) is 0. The zero-order chi connectivity index (χ0) is 97.2. The van der Waals surface area contributed by atoms with Gasteiger partial charge in [-0.15, -0.1) is 10.2 Å². The first-order valence-corrected chi connectivity index (χ1v) is 45.7. The number of ether oxygens (including phenoxy) is 10. The van der Waals surface area contributed by atoms with Crippen LogP contribution in [0.1, 0.15) is 148 Å². The third kappa shape index (κ3) is 23.3. The fourth-order valence-electron chi connectivity index (χ4n) is 17.8. The highest BCUT2D eigenvalue weighted by Crippen LogP contribution is 2.45. The van der Waals surface area contributed by atoms with Gasteiger partial charge in [0, 0.05) is 77.3 Å². The maximum atomic E-state index is 14.1. The Morgan fingerprint density at radius 2 is 0.978 bits per heavy atom. The molecule has 1 aliphatic carbocycles. The molecule has 5 aliphatic heterocycles. The molecule has 1 saturated heterocycles. The smallest absolute Gasteiger partial charge is 0.355 e. The van der Waals surface area contributed by atoms with Crippen LogP contribution in [0.2, 0.25) is 0 Å². The van der Waals surface area contributed by atoms with E-state index in [4.69, 9.17) is 57.3 Å². The van der Waals surface area contributed by atoms with Crippen molar-refractivity contribution in [1.82, 2.24) is 91.2 Å². The lowest BCUT2D eigenvalue weighted by atomic mass is 9.81. The van der Waals surface area contributed by atoms with Gasteiger partial charge in [0.1, 0.15) is 81.7 Å². The van der Waals surface area contributed by atoms with Crippen LogP contribution in [-0.2, 0) is 186 Å². The maximum Gasteiger partial charge on any atom is 0.355 e. The first-order chi connectivity index (χ1) is 66.1. The molecule has 730 valence electrons. The van der Waals surface area contributed by atoms with Gasteiger partial charge in [-0.1, -0.05) is 45.0 Å². The number of hydrogen-bond donors (Lipinski definition) is 9. The molecule has 0 bridgehead atoms. The van der Waals surface area contributed by atoms with Crippen molar-refractivity contribution in [2.45, 2.75) is 175 Å². The van der Waals surface area contributed by atoms with Crippen molar-refractivity contribution in [1.29, 1.82) is 0 Å². The number of carbonyl (C=O) groups is 13. The number of nitrogens with one attached hydrogen (secondary N) is 7. The fraction of sp³-hybridized carbons (Fsp3) is 0.511. The number of amides is 9. The lowest BCUT2D eigenvalue weighted by Gasteiger charge is -2.35. The Bertz CT molecular complexity index is 6080. The minimum Gasteiger partial charge on any atom is -0.508 e. The standard InChI is InChI=1S/C92H110N18O27/c1-6-59-61-33-57(111)14-16-69(61)99-82-63(59)44-108-72(82)35-67-65(87(108)124)46-134-89(126)91(67,8-3)136-80(119)39-96-77(116)50-132-48-75(114)93-20-24-128-28-30-130-26-22-106-42-55(102-104-106)37-95-74(113)19-18-71(101-84(121)54-12-10-53(11-13-54)41-110-79(118)32-52(5)86(110)123)85(122)98-38-56-43-107(105-103-56)23-27-131-31-29-129-25-21-94-76(115)49-133-51-78(117)97-40-81(120)137-92(9-4)68-36-73-83-64(45-109(73)88(125)66(68)47-135-90(92)127)60(7-2)62-34-58(112)15-17-70(62)100-83/h14-17,33-36,42-43,52-54,71,111-112H,6-13,18-32,37-41,44-51H2,1-5H3,(H,93,114)(H,94,115)(H,95,113)(H,96,116)(H,97,117)(H,98,122)(H,101,121). The minimum absolute atomic E-state index is 0.00398. The molecule has 4 unspecified atom stereocenters. The van der Waals surface area contributed by atoms with Crippen molar-refractivity contribution in [2.75, 3.05) is 112 Å². The van der Waals surface area contributed by atoms with Crippen LogP contribution in [0.15, 0.2) is 70.5 Å². The number of imide groups is 1.